The molecule has 2 N–H and O–H groups in total. The van der Waals surface area contributed by atoms with E-state index in [-0.39, 0.29) is 12.2 Å². The summed E-state index contributed by atoms with van der Waals surface area (Å²) in [6.07, 6.45) is -0.0216. The van der Waals surface area contributed by atoms with Gasteiger partial charge in [0, 0.05) is 11.2 Å². The van der Waals surface area contributed by atoms with Gasteiger partial charge in [-0.2, -0.15) is 0 Å². The van der Waals surface area contributed by atoms with Crippen LogP contribution in [0.25, 0.3) is 0 Å². The minimum Gasteiger partial charge on any atom is -0.387 e. The third-order valence-electron chi connectivity index (χ3n) is 4.33. The van der Waals surface area contributed by atoms with Crippen molar-refractivity contribution in [2.24, 2.45) is 0 Å². The number of ether oxygens (including phenoxy) is 1. The van der Waals surface area contributed by atoms with Crippen LogP contribution < -0.4 is 4.72 Å². The summed E-state index contributed by atoms with van der Waals surface area (Å²) in [6, 6.07) is 18.9. The number of sulfonamides is 1. The average Bonchev–Trinajstić information content (AvgIpc) is 2.74. The Morgan fingerprint density at radius 1 is 1.03 bits per heavy atom. The molecule has 0 spiro atoms. The fourth-order valence-electron chi connectivity index (χ4n) is 2.72. The highest BCUT2D eigenvalue weighted by atomic mass is 35.5. The number of hydrogen-bond donors (Lipinski definition) is 2. The number of benzene rings is 2. The molecule has 0 bridgehead atoms. The van der Waals surface area contributed by atoms with E-state index < -0.39 is 27.8 Å². The number of pyridine rings is 1. The highest BCUT2D eigenvalue weighted by Gasteiger charge is 2.22. The monoisotopic (exact) mass is 460 g/mol. The Kier molecular flexibility index (Phi) is 7.75. The van der Waals surface area contributed by atoms with Crippen LogP contribution in [0, 0.1) is 0 Å². The highest BCUT2D eigenvalue weighted by Crippen LogP contribution is 2.18. The molecule has 0 aliphatic rings. The lowest BCUT2D eigenvalue weighted by atomic mass is 10.1. The van der Waals surface area contributed by atoms with E-state index in [1.54, 1.807) is 18.2 Å². The molecular weight excluding hydrogens is 440 g/mol. The number of hydrogen-bond acceptors (Lipinski definition) is 6. The molecule has 31 heavy (non-hydrogen) atoms. The van der Waals surface area contributed by atoms with E-state index in [9.17, 15) is 18.3 Å². The highest BCUT2D eigenvalue weighted by molar-refractivity contribution is 7.90. The van der Waals surface area contributed by atoms with Crippen molar-refractivity contribution < 1.29 is 23.1 Å². The molecule has 0 saturated carbocycles. The Morgan fingerprint density at radius 2 is 1.74 bits per heavy atom. The van der Waals surface area contributed by atoms with Gasteiger partial charge in [0.2, 0.25) is 10.0 Å². The van der Waals surface area contributed by atoms with Crippen LogP contribution in [-0.4, -0.2) is 30.2 Å². The third-order valence-corrected chi connectivity index (χ3v) is 5.83. The predicted octanol–water partition coefficient (Wildman–Crippen LogP) is 3.25. The second-order valence-corrected chi connectivity index (χ2v) is 9.00. The van der Waals surface area contributed by atoms with Gasteiger partial charge in [0.05, 0.1) is 36.3 Å². The van der Waals surface area contributed by atoms with Gasteiger partial charge in [0.1, 0.15) is 0 Å². The average molecular weight is 461 g/mol. The number of aliphatic hydroxyl groups excluding tert-OH is 1. The smallest absolute Gasteiger partial charge is 0.266 e. The van der Waals surface area contributed by atoms with Gasteiger partial charge in [-0.25, -0.2) is 13.1 Å². The quantitative estimate of drug-likeness (QED) is 0.507. The molecule has 0 radical (unpaired) electrons. The number of carbonyl (C=O) groups excluding carboxylic acids is 1. The molecule has 3 rings (SSSR count). The molecule has 0 saturated heterocycles. The van der Waals surface area contributed by atoms with Crippen LogP contribution >= 0.6 is 11.6 Å². The van der Waals surface area contributed by atoms with Gasteiger partial charge in [-0.05, 0) is 35.4 Å². The largest absolute Gasteiger partial charge is 0.387 e. The molecule has 1 unspecified atom stereocenters. The topological polar surface area (TPSA) is 106 Å². The third kappa shape index (κ3) is 7.15. The number of nitrogens with zero attached hydrogens (tertiary/aromatic N) is 1. The SMILES string of the molecule is O=C(NS(=O)(=O)CC(O)c1ccc(Cl)cc1)c1ccc(COCc2ccccc2)nc1. The summed E-state index contributed by atoms with van der Waals surface area (Å²) in [5, 5.41) is 10.6. The molecule has 3 aromatic rings. The van der Waals surface area contributed by atoms with E-state index in [0.717, 1.165) is 5.56 Å². The zero-order valence-electron chi connectivity index (χ0n) is 16.4. The maximum Gasteiger partial charge on any atom is 0.266 e. The fraction of sp³-hybridized carbons (Fsp3) is 0.182. The molecule has 0 aliphatic carbocycles. The molecule has 0 fully saturated rings. The lowest BCUT2D eigenvalue weighted by Gasteiger charge is -2.12. The molecule has 2 aromatic carbocycles. The first kappa shape index (κ1) is 22.9. The summed E-state index contributed by atoms with van der Waals surface area (Å²) in [5.74, 6) is -1.49. The number of rotatable bonds is 9. The first-order chi connectivity index (χ1) is 14.8. The Labute approximate surface area is 185 Å². The van der Waals surface area contributed by atoms with Crippen molar-refractivity contribution in [3.63, 3.8) is 0 Å². The van der Waals surface area contributed by atoms with Crippen LogP contribution in [0.15, 0.2) is 72.9 Å². The van der Waals surface area contributed by atoms with Gasteiger partial charge in [0.25, 0.3) is 5.91 Å². The number of halogens is 1. The lowest BCUT2D eigenvalue weighted by Crippen LogP contribution is -2.34. The van der Waals surface area contributed by atoms with Crippen molar-refractivity contribution >= 4 is 27.5 Å². The molecule has 7 nitrogen and oxygen atoms in total. The van der Waals surface area contributed by atoms with Crippen molar-refractivity contribution in [2.75, 3.05) is 5.75 Å². The fourth-order valence-corrected chi connectivity index (χ4v) is 3.94. The van der Waals surface area contributed by atoms with Crippen LogP contribution in [0.1, 0.15) is 33.3 Å². The van der Waals surface area contributed by atoms with E-state index in [2.05, 4.69) is 4.98 Å². The van der Waals surface area contributed by atoms with E-state index in [1.807, 2.05) is 35.1 Å². The molecule has 162 valence electrons. The van der Waals surface area contributed by atoms with Crippen molar-refractivity contribution in [1.29, 1.82) is 0 Å². The normalized spacial score (nSPS) is 12.3. The second kappa shape index (κ2) is 10.5. The Bertz CT molecular complexity index is 1100. The number of aromatic nitrogens is 1. The number of aliphatic hydroxyl groups is 1. The lowest BCUT2D eigenvalue weighted by molar-refractivity contribution is 0.0978. The Hall–Kier alpha value is -2.78. The zero-order valence-corrected chi connectivity index (χ0v) is 18.0. The summed E-state index contributed by atoms with van der Waals surface area (Å²) in [7, 11) is -4.08. The first-order valence-corrected chi connectivity index (χ1v) is 11.4. The van der Waals surface area contributed by atoms with Crippen molar-refractivity contribution in [2.45, 2.75) is 19.3 Å². The van der Waals surface area contributed by atoms with E-state index in [4.69, 9.17) is 16.3 Å². The minimum atomic E-state index is -4.08. The second-order valence-electron chi connectivity index (χ2n) is 6.80. The van der Waals surface area contributed by atoms with Crippen LogP contribution in [0.4, 0.5) is 0 Å². The zero-order chi connectivity index (χ0) is 22.3. The van der Waals surface area contributed by atoms with Gasteiger partial charge in [-0.1, -0.05) is 54.1 Å². The molecule has 0 aliphatic heterocycles. The number of nitrogens with one attached hydrogen (secondary N) is 1. The predicted molar refractivity (Wildman–Crippen MR) is 117 cm³/mol. The maximum absolute atomic E-state index is 12.3. The van der Waals surface area contributed by atoms with E-state index in [0.29, 0.717) is 22.9 Å². The first-order valence-electron chi connectivity index (χ1n) is 9.37. The van der Waals surface area contributed by atoms with Crippen LogP contribution in [-0.2, 0) is 28.0 Å². The van der Waals surface area contributed by atoms with Crippen molar-refractivity contribution in [3.05, 3.63) is 100 Å². The van der Waals surface area contributed by atoms with E-state index >= 15 is 0 Å². The minimum absolute atomic E-state index is 0.0800. The molecule has 1 heterocycles. The van der Waals surface area contributed by atoms with Gasteiger partial charge >= 0.3 is 0 Å². The summed E-state index contributed by atoms with van der Waals surface area (Å²) >= 11 is 5.78. The summed E-state index contributed by atoms with van der Waals surface area (Å²) < 4.78 is 32.0. The summed E-state index contributed by atoms with van der Waals surface area (Å²) in [5.41, 5.74) is 2.10. The number of amides is 1. The molecule has 1 amide bonds. The van der Waals surface area contributed by atoms with Crippen molar-refractivity contribution in [1.82, 2.24) is 9.71 Å². The van der Waals surface area contributed by atoms with Gasteiger partial charge in [-0.3, -0.25) is 9.78 Å². The maximum atomic E-state index is 12.3. The van der Waals surface area contributed by atoms with Crippen LogP contribution in [0.5, 0.6) is 0 Å². The standard InChI is InChI=1S/C22H21ClN2O5S/c23-19-9-6-17(7-10-19)21(26)15-31(28,29)25-22(27)18-8-11-20(24-12-18)14-30-13-16-4-2-1-3-5-16/h1-12,21,26H,13-15H2,(H,25,27). The Morgan fingerprint density at radius 3 is 2.39 bits per heavy atom. The molecule has 1 aromatic heterocycles. The van der Waals surface area contributed by atoms with E-state index in [1.165, 1.54) is 24.4 Å². The molecule has 1 atom stereocenters. The van der Waals surface area contributed by atoms with Crippen LogP contribution in [0.3, 0.4) is 0 Å². The Balaban J connectivity index is 1.52. The summed E-state index contributed by atoms with van der Waals surface area (Å²) in [4.78, 5) is 16.4. The number of carbonyl (C=O) groups is 1. The molecule has 9 heteroatoms. The van der Waals surface area contributed by atoms with Gasteiger partial charge < -0.3 is 9.84 Å². The van der Waals surface area contributed by atoms with Crippen LogP contribution in [0.2, 0.25) is 5.02 Å². The van der Waals surface area contributed by atoms with Gasteiger partial charge in [0.15, 0.2) is 0 Å². The van der Waals surface area contributed by atoms with Crippen molar-refractivity contribution in [3.8, 4) is 0 Å². The van der Waals surface area contributed by atoms with Gasteiger partial charge in [-0.15, -0.1) is 0 Å². The summed E-state index contributed by atoms with van der Waals surface area (Å²) in [6.45, 7) is 0.682. The molecular formula is C22H21ClN2O5S.